The van der Waals surface area contributed by atoms with E-state index in [1.807, 2.05) is 18.2 Å². The zero-order chi connectivity index (χ0) is 21.0. The number of hydrogen-bond donors (Lipinski definition) is 1. The summed E-state index contributed by atoms with van der Waals surface area (Å²) in [4.78, 5) is 2.51. The van der Waals surface area contributed by atoms with Crippen molar-refractivity contribution in [2.45, 2.75) is 11.3 Å². The van der Waals surface area contributed by atoms with Crippen LogP contribution in [0, 0.1) is 5.92 Å². The van der Waals surface area contributed by atoms with E-state index < -0.39 is 10.0 Å². The van der Waals surface area contributed by atoms with E-state index in [4.69, 9.17) is 25.8 Å². The van der Waals surface area contributed by atoms with E-state index in [0.29, 0.717) is 48.6 Å². The van der Waals surface area contributed by atoms with Crippen molar-refractivity contribution in [1.82, 2.24) is 9.62 Å². The van der Waals surface area contributed by atoms with Gasteiger partial charge in [-0.2, -0.15) is 0 Å². The highest BCUT2D eigenvalue weighted by atomic mass is 35.5. The quantitative estimate of drug-likeness (QED) is 0.663. The van der Waals surface area contributed by atoms with Crippen molar-refractivity contribution >= 4 is 21.6 Å². The third-order valence-corrected chi connectivity index (χ3v) is 6.94. The predicted octanol–water partition coefficient (Wildman–Crippen LogP) is 2.79. The zero-order valence-electron chi connectivity index (χ0n) is 16.6. The molecule has 1 unspecified atom stereocenters. The molecule has 9 heteroatoms. The number of sulfonamides is 1. The number of nitrogens with one attached hydrogen (secondary N) is 1. The number of likely N-dealkylation sites (tertiary alicyclic amines) is 1. The van der Waals surface area contributed by atoms with Gasteiger partial charge in [-0.3, -0.25) is 4.90 Å². The molecule has 7 nitrogen and oxygen atoms in total. The van der Waals surface area contributed by atoms with Crippen molar-refractivity contribution in [3.63, 3.8) is 0 Å². The molecule has 2 aromatic carbocycles. The maximum atomic E-state index is 12.4. The highest BCUT2D eigenvalue weighted by Crippen LogP contribution is 2.38. The van der Waals surface area contributed by atoms with Crippen molar-refractivity contribution < 1.29 is 22.6 Å². The smallest absolute Gasteiger partial charge is 0.240 e. The lowest BCUT2D eigenvalue weighted by molar-refractivity contribution is 0.158. The third kappa shape index (κ3) is 5.18. The second-order valence-electron chi connectivity index (χ2n) is 7.39. The Morgan fingerprint density at radius 1 is 1.13 bits per heavy atom. The lowest BCUT2D eigenvalue weighted by Crippen LogP contribution is -2.32. The van der Waals surface area contributed by atoms with Gasteiger partial charge in [-0.15, -0.1) is 0 Å². The third-order valence-electron chi connectivity index (χ3n) is 5.25. The molecule has 0 saturated carbocycles. The average Bonchev–Trinajstić information content (AvgIpc) is 3.21. The van der Waals surface area contributed by atoms with Crippen LogP contribution in [0.4, 0.5) is 0 Å². The number of hydrogen-bond acceptors (Lipinski definition) is 6. The Morgan fingerprint density at radius 2 is 1.93 bits per heavy atom. The summed E-state index contributed by atoms with van der Waals surface area (Å²) < 4.78 is 44.7. The molecule has 2 aliphatic rings. The molecule has 30 heavy (non-hydrogen) atoms. The minimum absolute atomic E-state index is 0.229. The van der Waals surface area contributed by atoms with Crippen LogP contribution in [0.15, 0.2) is 47.4 Å². The molecule has 2 aromatic rings. The Balaban J connectivity index is 1.22. The summed E-state index contributed by atoms with van der Waals surface area (Å²) in [6, 6.07) is 11.8. The number of fused-ring (bicyclic) bond motifs is 1. The van der Waals surface area contributed by atoms with Crippen LogP contribution in [-0.4, -0.2) is 59.3 Å². The minimum atomic E-state index is -3.52. The molecule has 1 N–H and O–H groups in total. The molecule has 2 aliphatic heterocycles. The largest absolute Gasteiger partial charge is 0.488 e. The van der Waals surface area contributed by atoms with Crippen molar-refractivity contribution in [3.05, 3.63) is 47.5 Å². The van der Waals surface area contributed by atoms with Crippen LogP contribution in [0.1, 0.15) is 6.42 Å². The Morgan fingerprint density at radius 3 is 2.77 bits per heavy atom. The Kier molecular flexibility index (Phi) is 6.67. The molecule has 162 valence electrons. The molecular weight excluding hydrogens is 428 g/mol. The molecule has 0 amide bonds. The first-order valence-corrected chi connectivity index (χ1v) is 11.9. The van der Waals surface area contributed by atoms with Crippen LogP contribution in [0.3, 0.4) is 0 Å². The lowest BCUT2D eigenvalue weighted by Gasteiger charge is -2.22. The monoisotopic (exact) mass is 452 g/mol. The molecule has 2 heterocycles. The van der Waals surface area contributed by atoms with Gasteiger partial charge in [0, 0.05) is 24.7 Å². The normalized spacial score (nSPS) is 19.0. The van der Waals surface area contributed by atoms with Gasteiger partial charge in [-0.05, 0) is 55.3 Å². The topological polar surface area (TPSA) is 77.1 Å². The van der Waals surface area contributed by atoms with E-state index in [0.717, 1.165) is 26.1 Å². The summed E-state index contributed by atoms with van der Waals surface area (Å²) in [5, 5.41) is 0.512. The fourth-order valence-electron chi connectivity index (χ4n) is 3.65. The van der Waals surface area contributed by atoms with E-state index in [-0.39, 0.29) is 10.8 Å². The van der Waals surface area contributed by atoms with Crippen LogP contribution < -0.4 is 18.9 Å². The number of rotatable bonds is 8. The van der Waals surface area contributed by atoms with E-state index in [1.165, 1.54) is 12.1 Å². The maximum Gasteiger partial charge on any atom is 0.240 e. The number of halogens is 1. The first-order chi connectivity index (χ1) is 14.5. The molecule has 0 radical (unpaired) electrons. The molecule has 0 aliphatic carbocycles. The second kappa shape index (κ2) is 9.43. The van der Waals surface area contributed by atoms with Crippen molar-refractivity contribution in [2.75, 3.05) is 46.0 Å². The average molecular weight is 453 g/mol. The fraction of sp³-hybridized carbons (Fsp3) is 0.429. The Bertz CT molecular complexity index is 968. The molecule has 1 saturated heterocycles. The van der Waals surface area contributed by atoms with Gasteiger partial charge in [0.05, 0.1) is 4.90 Å². The molecule has 0 bridgehead atoms. The fourth-order valence-corrected chi connectivity index (χ4v) is 4.89. The number of benzene rings is 2. The van der Waals surface area contributed by atoms with Crippen LogP contribution in [-0.2, 0) is 10.0 Å². The lowest BCUT2D eigenvalue weighted by atomic mass is 10.1. The minimum Gasteiger partial charge on any atom is -0.488 e. The number of ether oxygens (including phenoxy) is 3. The van der Waals surface area contributed by atoms with E-state index in [9.17, 15) is 8.42 Å². The van der Waals surface area contributed by atoms with Gasteiger partial charge in [-0.1, -0.05) is 17.7 Å². The van der Waals surface area contributed by atoms with E-state index in [2.05, 4.69) is 9.62 Å². The summed E-state index contributed by atoms with van der Waals surface area (Å²) in [6.45, 7) is 4.54. The highest BCUT2D eigenvalue weighted by Gasteiger charge is 2.25. The standard InChI is InChI=1S/C21H25ClN2O5S/c22-17-4-6-18(7-5-17)30(25,26)23-14-16-8-9-24(15-16)10-11-27-19-2-1-3-20-21(19)29-13-12-28-20/h1-7,16,23H,8-15H2. The summed E-state index contributed by atoms with van der Waals surface area (Å²) in [6.07, 6.45) is 0.945. The van der Waals surface area contributed by atoms with Crippen molar-refractivity contribution in [3.8, 4) is 17.2 Å². The number of para-hydroxylation sites is 1. The summed E-state index contributed by atoms with van der Waals surface area (Å²) in [5.41, 5.74) is 0. The molecule has 1 atom stereocenters. The predicted molar refractivity (Wildman–Crippen MR) is 114 cm³/mol. The van der Waals surface area contributed by atoms with Crippen LogP contribution >= 0.6 is 11.6 Å². The highest BCUT2D eigenvalue weighted by molar-refractivity contribution is 7.89. The molecular formula is C21H25ClN2O5S. The first kappa shape index (κ1) is 21.2. The van der Waals surface area contributed by atoms with Crippen LogP contribution in [0.2, 0.25) is 5.02 Å². The van der Waals surface area contributed by atoms with Gasteiger partial charge < -0.3 is 14.2 Å². The zero-order valence-corrected chi connectivity index (χ0v) is 18.1. The Hall–Kier alpha value is -2.00. The van der Waals surface area contributed by atoms with Gasteiger partial charge in [0.2, 0.25) is 15.8 Å². The molecule has 0 spiro atoms. The number of nitrogens with zero attached hydrogens (tertiary/aromatic N) is 1. The van der Waals surface area contributed by atoms with Gasteiger partial charge in [-0.25, -0.2) is 13.1 Å². The molecule has 1 fully saturated rings. The van der Waals surface area contributed by atoms with Gasteiger partial charge in [0.15, 0.2) is 11.5 Å². The van der Waals surface area contributed by atoms with Crippen molar-refractivity contribution in [2.24, 2.45) is 5.92 Å². The summed E-state index contributed by atoms with van der Waals surface area (Å²) >= 11 is 5.83. The van der Waals surface area contributed by atoms with Crippen LogP contribution in [0.5, 0.6) is 17.2 Å². The van der Waals surface area contributed by atoms with Crippen LogP contribution in [0.25, 0.3) is 0 Å². The van der Waals surface area contributed by atoms with E-state index >= 15 is 0 Å². The van der Waals surface area contributed by atoms with Gasteiger partial charge in [0.1, 0.15) is 19.8 Å². The van der Waals surface area contributed by atoms with E-state index in [1.54, 1.807) is 12.1 Å². The SMILES string of the molecule is O=S(=O)(NCC1CCN(CCOc2cccc3c2OCCO3)C1)c1ccc(Cl)cc1. The molecule has 0 aromatic heterocycles. The second-order valence-corrected chi connectivity index (χ2v) is 9.59. The van der Waals surface area contributed by atoms with Gasteiger partial charge in [0.25, 0.3) is 0 Å². The maximum absolute atomic E-state index is 12.4. The molecule has 4 rings (SSSR count). The van der Waals surface area contributed by atoms with Crippen molar-refractivity contribution in [1.29, 1.82) is 0 Å². The first-order valence-electron chi connectivity index (χ1n) is 10.0. The summed E-state index contributed by atoms with van der Waals surface area (Å²) in [5.74, 6) is 2.35. The van der Waals surface area contributed by atoms with Gasteiger partial charge >= 0.3 is 0 Å². The Labute approximate surface area is 181 Å². The summed E-state index contributed by atoms with van der Waals surface area (Å²) in [7, 11) is -3.52.